The van der Waals surface area contributed by atoms with Crippen LogP contribution in [0.4, 0.5) is 0 Å². The van der Waals surface area contributed by atoms with Crippen molar-refractivity contribution >= 4 is 52.7 Å². The molecule has 5 heteroatoms. The van der Waals surface area contributed by atoms with Crippen molar-refractivity contribution in [3.8, 4) is 62.1 Å². The second-order valence-electron chi connectivity index (χ2n) is 18.1. The molecule has 0 amide bonds. The van der Waals surface area contributed by atoms with Gasteiger partial charge in [0.15, 0.2) is 0 Å². The molecule has 0 fully saturated rings. The minimum Gasteiger partial charge on any atom is -0.0558 e. The average Bonchev–Trinajstić information content (AvgIpc) is 3.76. The monoisotopic (exact) mass is 958 g/mol. The number of hydrogen-bond acceptors (Lipinski definition) is 3. The van der Waals surface area contributed by atoms with Crippen LogP contribution in [0, 0.1) is 13.8 Å². The van der Waals surface area contributed by atoms with Gasteiger partial charge in [0.05, 0.1) is 0 Å². The van der Waals surface area contributed by atoms with Crippen LogP contribution in [-0.2, 0) is 0 Å². The Kier molecular flexibility index (Phi) is 11.2. The van der Waals surface area contributed by atoms with E-state index in [1.807, 2.05) is 36.4 Å². The van der Waals surface area contributed by atoms with Crippen molar-refractivity contribution in [3.63, 3.8) is 0 Å². The second-order valence-corrected chi connectivity index (χ2v) is 26.1. The normalized spacial score (nSPS) is 11.6. The smallest absolute Gasteiger partial charge is 0.0391 e. The van der Waals surface area contributed by atoms with Gasteiger partial charge in [-0.2, -0.15) is 0 Å². The Morgan fingerprint density at radius 1 is 0.314 bits per heavy atom. The summed E-state index contributed by atoms with van der Waals surface area (Å²) in [6, 6.07) is 92.6. The molecule has 0 atom stereocenters. The molecule has 0 aliphatic carbocycles. The van der Waals surface area contributed by atoms with Crippen molar-refractivity contribution in [2.75, 3.05) is 0 Å². The molecular formula is C65H48GeN4. The third-order valence-corrected chi connectivity index (χ3v) is 23.8. The molecule has 0 spiro atoms. The Morgan fingerprint density at radius 3 is 1.40 bits per heavy atom. The van der Waals surface area contributed by atoms with E-state index >= 15 is 0 Å². The quantitative estimate of drug-likeness (QED) is 0.128. The van der Waals surface area contributed by atoms with Crippen LogP contribution in [0.2, 0.25) is 0 Å². The van der Waals surface area contributed by atoms with Gasteiger partial charge in [-0.05, 0) is 19.4 Å². The molecule has 70 heavy (non-hydrogen) atoms. The minimum absolute atomic E-state index is 0.599. The Labute approximate surface area is 411 Å². The number of aromatic nitrogens is 4. The molecule has 0 saturated heterocycles. The van der Waals surface area contributed by atoms with Gasteiger partial charge in [0, 0.05) is 0 Å². The predicted octanol–water partition coefficient (Wildman–Crippen LogP) is 13.3. The molecule has 10 aromatic carbocycles. The molecule has 12 rings (SSSR count). The van der Waals surface area contributed by atoms with Crippen LogP contribution < -0.4 is 17.6 Å². The molecule has 0 bridgehead atoms. The zero-order chi connectivity index (χ0) is 47.0. The van der Waals surface area contributed by atoms with E-state index in [0.717, 1.165) is 44.5 Å². The molecule has 12 aromatic rings. The Morgan fingerprint density at radius 2 is 0.800 bits per heavy atom. The number of rotatable bonds is 10. The standard InChI is InChI=1S/C65H48GeN4/c1-45-35-38-56(46(2)41-45)51-36-39-58-57-33-18-19-34-60(57)70(62(58)44-51)61-40-37-50(43-59(61)65-68-63(47-21-8-3-9-22-47)67-64(69-65)48-23-10-4-11-24-48)49-25-20-32-55(42-49)66(52-26-12-5-13-27-52,53-28-14-6-15-29-53)54-30-16-7-17-31-54/h3-44H,1-2H3. The maximum Gasteiger partial charge on any atom is -0.0391 e. The van der Waals surface area contributed by atoms with Gasteiger partial charge in [0.2, 0.25) is 0 Å². The summed E-state index contributed by atoms with van der Waals surface area (Å²) in [6.45, 7) is 4.36. The molecule has 0 aliphatic rings. The fraction of sp³-hybridized carbons (Fsp3) is 0.0308. The maximum absolute atomic E-state index is 5.40. The first kappa shape index (κ1) is 42.9. The van der Waals surface area contributed by atoms with Gasteiger partial charge < -0.3 is 0 Å². The summed E-state index contributed by atoms with van der Waals surface area (Å²) in [6.07, 6.45) is 0. The van der Waals surface area contributed by atoms with Crippen molar-refractivity contribution in [1.29, 1.82) is 0 Å². The van der Waals surface area contributed by atoms with Gasteiger partial charge in [-0.3, -0.25) is 0 Å². The number of aryl methyl sites for hydroxylation is 2. The fourth-order valence-corrected chi connectivity index (χ4v) is 20.6. The van der Waals surface area contributed by atoms with Crippen LogP contribution in [0.15, 0.2) is 255 Å². The van der Waals surface area contributed by atoms with E-state index in [1.165, 1.54) is 50.6 Å². The molecule has 0 saturated carbocycles. The van der Waals surface area contributed by atoms with Crippen molar-refractivity contribution in [1.82, 2.24) is 19.5 Å². The van der Waals surface area contributed by atoms with Gasteiger partial charge in [0.25, 0.3) is 0 Å². The van der Waals surface area contributed by atoms with Crippen LogP contribution in [-0.4, -0.2) is 32.8 Å². The molecule has 0 unspecified atom stereocenters. The first-order valence-corrected chi connectivity index (χ1v) is 28.1. The average molecular weight is 958 g/mol. The summed E-state index contributed by atoms with van der Waals surface area (Å²) < 4.78 is 7.92. The number of para-hydroxylation sites is 1. The second kappa shape index (κ2) is 18.2. The van der Waals surface area contributed by atoms with E-state index in [1.54, 1.807) is 0 Å². The number of fused-ring (bicyclic) bond motifs is 3. The Hall–Kier alpha value is -8.45. The largest absolute Gasteiger partial charge is 0.0558 e. The third kappa shape index (κ3) is 7.63. The maximum atomic E-state index is 5.40. The van der Waals surface area contributed by atoms with E-state index in [4.69, 9.17) is 15.0 Å². The summed E-state index contributed by atoms with van der Waals surface area (Å²) in [4.78, 5) is 15.9. The molecule has 332 valence electrons. The topological polar surface area (TPSA) is 43.6 Å². The summed E-state index contributed by atoms with van der Waals surface area (Å²) >= 11 is -3.60. The summed E-state index contributed by atoms with van der Waals surface area (Å²) in [7, 11) is 0. The first-order chi connectivity index (χ1) is 34.5. The Bertz CT molecular complexity index is 3680. The molecule has 0 aliphatic heterocycles. The SMILES string of the molecule is Cc1ccc(-c2ccc3c4ccccc4n(-c4ccc(-c5ccc[c]([Ge]([c]6ccccc6)([c]6ccccc6)[c]6ccccc6)c5)cc4-c4nc(-c5ccccc5)nc(-c5ccccc5)n4)c3c2)c(C)c1. The summed E-state index contributed by atoms with van der Waals surface area (Å²) in [5, 5.41) is 2.37. The Balaban J connectivity index is 1.14. The molecule has 0 N–H and O–H groups in total. The number of hydrogen-bond donors (Lipinski definition) is 0. The van der Waals surface area contributed by atoms with Crippen molar-refractivity contribution < 1.29 is 0 Å². The molecule has 0 radical (unpaired) electrons. The fourth-order valence-electron chi connectivity index (χ4n) is 10.6. The van der Waals surface area contributed by atoms with E-state index in [-0.39, 0.29) is 0 Å². The van der Waals surface area contributed by atoms with Gasteiger partial charge in [-0.25, -0.2) is 0 Å². The predicted molar refractivity (Wildman–Crippen MR) is 294 cm³/mol. The van der Waals surface area contributed by atoms with Crippen LogP contribution >= 0.6 is 0 Å². The first-order valence-electron chi connectivity index (χ1n) is 23.9. The van der Waals surface area contributed by atoms with Crippen LogP contribution in [0.3, 0.4) is 0 Å². The molecule has 4 nitrogen and oxygen atoms in total. The van der Waals surface area contributed by atoms with Crippen LogP contribution in [0.25, 0.3) is 83.9 Å². The number of nitrogens with zero attached hydrogens (tertiary/aromatic N) is 4. The van der Waals surface area contributed by atoms with Gasteiger partial charge >= 0.3 is 359 Å². The van der Waals surface area contributed by atoms with E-state index in [9.17, 15) is 0 Å². The van der Waals surface area contributed by atoms with E-state index < -0.39 is 13.3 Å². The minimum atomic E-state index is -3.60. The van der Waals surface area contributed by atoms with Gasteiger partial charge in [0.1, 0.15) is 0 Å². The van der Waals surface area contributed by atoms with Crippen molar-refractivity contribution in [3.05, 3.63) is 266 Å². The van der Waals surface area contributed by atoms with Crippen LogP contribution in [0.5, 0.6) is 0 Å². The zero-order valence-electron chi connectivity index (χ0n) is 39.0. The third-order valence-electron chi connectivity index (χ3n) is 13.8. The van der Waals surface area contributed by atoms with Crippen LogP contribution in [0.1, 0.15) is 11.1 Å². The van der Waals surface area contributed by atoms with Crippen molar-refractivity contribution in [2.24, 2.45) is 0 Å². The molecular weight excluding hydrogens is 909 g/mol. The van der Waals surface area contributed by atoms with E-state index in [2.05, 4.69) is 237 Å². The van der Waals surface area contributed by atoms with Gasteiger partial charge in [-0.15, -0.1) is 0 Å². The zero-order valence-corrected chi connectivity index (χ0v) is 41.1. The van der Waals surface area contributed by atoms with Crippen molar-refractivity contribution in [2.45, 2.75) is 13.8 Å². The summed E-state index contributed by atoms with van der Waals surface area (Å²) in [5.74, 6) is 1.84. The molecule has 2 aromatic heterocycles. The summed E-state index contributed by atoms with van der Waals surface area (Å²) in [5.41, 5.74) is 13.1. The molecule has 2 heterocycles. The van der Waals surface area contributed by atoms with Gasteiger partial charge in [-0.1, -0.05) is 35.9 Å². The van der Waals surface area contributed by atoms with E-state index in [0.29, 0.717) is 17.5 Å². The number of benzene rings is 10.